The highest BCUT2D eigenvalue weighted by Gasteiger charge is 2.20. The number of thiazole rings is 1. The summed E-state index contributed by atoms with van der Waals surface area (Å²) in [6.07, 6.45) is 0.354. The van der Waals surface area contributed by atoms with E-state index in [1.54, 1.807) is 20.3 Å². The van der Waals surface area contributed by atoms with E-state index in [0.717, 1.165) is 33.3 Å². The van der Waals surface area contributed by atoms with Crippen LogP contribution in [0, 0.1) is 18.6 Å². The Morgan fingerprint density at radius 1 is 1.07 bits per heavy atom. The highest BCUT2D eigenvalue weighted by molar-refractivity contribution is 7.89. The van der Waals surface area contributed by atoms with Gasteiger partial charge < -0.3 is 9.47 Å². The van der Waals surface area contributed by atoms with Gasteiger partial charge >= 0.3 is 0 Å². The monoisotopic (exact) mass is 454 g/mol. The molecule has 0 bridgehead atoms. The van der Waals surface area contributed by atoms with E-state index in [-0.39, 0.29) is 6.54 Å². The van der Waals surface area contributed by atoms with Crippen LogP contribution in [-0.2, 0) is 16.4 Å². The molecule has 0 radical (unpaired) electrons. The van der Waals surface area contributed by atoms with Gasteiger partial charge in [0.1, 0.15) is 21.5 Å². The van der Waals surface area contributed by atoms with E-state index in [4.69, 9.17) is 9.47 Å². The van der Waals surface area contributed by atoms with Crippen LogP contribution in [0.15, 0.2) is 41.3 Å². The topological polar surface area (TPSA) is 77.5 Å². The zero-order valence-corrected chi connectivity index (χ0v) is 18.2. The summed E-state index contributed by atoms with van der Waals surface area (Å²) in [5.74, 6) is -0.647. The molecule has 0 saturated carbocycles. The molecular formula is C20H20F2N2O4S2. The number of rotatable bonds is 8. The molecule has 0 amide bonds. The number of hydrogen-bond acceptors (Lipinski definition) is 6. The lowest BCUT2D eigenvalue weighted by atomic mass is 10.2. The molecule has 0 aliphatic heterocycles. The lowest BCUT2D eigenvalue weighted by Gasteiger charge is -2.08. The number of aromatic nitrogens is 1. The average Bonchev–Trinajstić information content (AvgIpc) is 3.09. The third-order valence-corrected chi connectivity index (χ3v) is 7.09. The largest absolute Gasteiger partial charge is 0.493 e. The van der Waals surface area contributed by atoms with Gasteiger partial charge in [0.05, 0.1) is 19.9 Å². The quantitative estimate of drug-likeness (QED) is 0.558. The molecule has 0 fully saturated rings. The van der Waals surface area contributed by atoms with Crippen molar-refractivity contribution in [1.29, 1.82) is 0 Å². The highest BCUT2D eigenvalue weighted by atomic mass is 32.2. The van der Waals surface area contributed by atoms with E-state index in [0.29, 0.717) is 24.0 Å². The predicted octanol–water partition coefficient (Wildman–Crippen LogP) is 3.93. The van der Waals surface area contributed by atoms with Gasteiger partial charge in [-0.1, -0.05) is 0 Å². The number of nitrogens with one attached hydrogen (secondary N) is 1. The third-order valence-electron chi connectivity index (χ3n) is 4.35. The lowest BCUT2D eigenvalue weighted by molar-refractivity contribution is 0.355. The van der Waals surface area contributed by atoms with E-state index < -0.39 is 26.6 Å². The summed E-state index contributed by atoms with van der Waals surface area (Å²) >= 11 is 1.42. The smallest absolute Gasteiger partial charge is 0.243 e. The molecule has 0 spiro atoms. The van der Waals surface area contributed by atoms with E-state index in [9.17, 15) is 17.2 Å². The summed E-state index contributed by atoms with van der Waals surface area (Å²) < 4.78 is 64.5. The second-order valence-corrected chi connectivity index (χ2v) is 9.14. The first-order valence-electron chi connectivity index (χ1n) is 8.88. The summed E-state index contributed by atoms with van der Waals surface area (Å²) in [4.78, 5) is 4.71. The Balaban J connectivity index is 1.73. The maximum absolute atomic E-state index is 13.8. The van der Waals surface area contributed by atoms with Crippen molar-refractivity contribution in [2.75, 3.05) is 20.8 Å². The average molecular weight is 455 g/mol. The molecule has 1 aromatic heterocycles. The van der Waals surface area contributed by atoms with Crippen LogP contribution in [0.4, 0.5) is 8.78 Å². The molecule has 3 rings (SSSR count). The van der Waals surface area contributed by atoms with Gasteiger partial charge in [0, 0.05) is 17.0 Å². The summed E-state index contributed by atoms with van der Waals surface area (Å²) in [7, 11) is -1.06. The van der Waals surface area contributed by atoms with Gasteiger partial charge in [0.25, 0.3) is 0 Å². The fourth-order valence-electron chi connectivity index (χ4n) is 2.81. The van der Waals surface area contributed by atoms with E-state index in [2.05, 4.69) is 9.71 Å². The van der Waals surface area contributed by atoms with Crippen LogP contribution >= 0.6 is 11.3 Å². The van der Waals surface area contributed by atoms with Crippen molar-refractivity contribution in [2.24, 2.45) is 0 Å². The van der Waals surface area contributed by atoms with Crippen molar-refractivity contribution in [3.8, 4) is 22.1 Å². The fraction of sp³-hybridized carbons (Fsp3) is 0.250. The number of aryl methyl sites for hydroxylation is 1. The minimum absolute atomic E-state index is 0.0205. The molecule has 0 unspecified atom stereocenters. The Morgan fingerprint density at radius 3 is 2.50 bits per heavy atom. The second kappa shape index (κ2) is 9.07. The van der Waals surface area contributed by atoms with Crippen LogP contribution in [0.5, 0.6) is 11.5 Å². The Bertz CT molecular complexity index is 1160. The van der Waals surface area contributed by atoms with Gasteiger partial charge in [0.15, 0.2) is 11.5 Å². The van der Waals surface area contributed by atoms with Crippen LogP contribution in [-0.4, -0.2) is 34.2 Å². The fourth-order valence-corrected chi connectivity index (χ4v) is 4.99. The summed E-state index contributed by atoms with van der Waals surface area (Å²) in [5.41, 5.74) is 1.61. The number of hydrogen-bond donors (Lipinski definition) is 1. The van der Waals surface area contributed by atoms with Crippen LogP contribution in [0.1, 0.15) is 10.6 Å². The SMILES string of the molecule is COc1ccc(-c2nc(C)c(CCNS(=O)(=O)c3cc(F)ccc3F)s2)cc1OC. The number of ether oxygens (including phenoxy) is 2. The number of sulfonamides is 1. The first-order chi connectivity index (χ1) is 14.2. The maximum atomic E-state index is 13.8. The molecule has 2 aromatic carbocycles. The number of methoxy groups -OCH3 is 2. The molecule has 0 saturated heterocycles. The van der Waals surface area contributed by atoms with Crippen molar-refractivity contribution in [3.63, 3.8) is 0 Å². The first kappa shape index (κ1) is 22.1. The zero-order chi connectivity index (χ0) is 21.9. The van der Waals surface area contributed by atoms with Crippen LogP contribution in [0.3, 0.4) is 0 Å². The standard InChI is InChI=1S/C20H20F2N2O4S2/c1-12-18(8-9-23-30(25,26)19-11-14(21)5-6-15(19)22)29-20(24-12)13-4-7-16(27-2)17(10-13)28-3/h4-7,10-11,23H,8-9H2,1-3H3. The molecule has 0 atom stereocenters. The maximum Gasteiger partial charge on any atom is 0.243 e. The molecule has 30 heavy (non-hydrogen) atoms. The number of halogens is 2. The highest BCUT2D eigenvalue weighted by Crippen LogP contribution is 2.35. The Kier molecular flexibility index (Phi) is 6.69. The Morgan fingerprint density at radius 2 is 1.80 bits per heavy atom. The normalized spacial score (nSPS) is 11.5. The number of nitrogens with zero attached hydrogens (tertiary/aromatic N) is 1. The second-order valence-electron chi connectivity index (χ2n) is 6.32. The van der Waals surface area contributed by atoms with Crippen molar-refractivity contribution in [1.82, 2.24) is 9.71 Å². The van der Waals surface area contributed by atoms with Crippen molar-refractivity contribution >= 4 is 21.4 Å². The van der Waals surface area contributed by atoms with Gasteiger partial charge in [-0.15, -0.1) is 11.3 Å². The first-order valence-corrected chi connectivity index (χ1v) is 11.2. The molecular weight excluding hydrogens is 434 g/mol. The van der Waals surface area contributed by atoms with Crippen LogP contribution < -0.4 is 14.2 Å². The van der Waals surface area contributed by atoms with Gasteiger partial charge in [-0.25, -0.2) is 26.9 Å². The third kappa shape index (κ3) is 4.77. The molecule has 1 N–H and O–H groups in total. The molecule has 160 valence electrons. The van der Waals surface area contributed by atoms with Crippen molar-refractivity contribution < 1.29 is 26.7 Å². The van der Waals surface area contributed by atoms with E-state index in [1.807, 2.05) is 19.1 Å². The van der Waals surface area contributed by atoms with Crippen LogP contribution in [0.25, 0.3) is 10.6 Å². The van der Waals surface area contributed by atoms with Gasteiger partial charge in [-0.3, -0.25) is 0 Å². The molecule has 3 aromatic rings. The lowest BCUT2D eigenvalue weighted by Crippen LogP contribution is -2.26. The predicted molar refractivity (Wildman–Crippen MR) is 111 cm³/mol. The summed E-state index contributed by atoms with van der Waals surface area (Å²) in [6.45, 7) is 1.85. The van der Waals surface area contributed by atoms with E-state index in [1.165, 1.54) is 11.3 Å². The number of benzene rings is 2. The minimum Gasteiger partial charge on any atom is -0.493 e. The molecule has 10 heteroatoms. The van der Waals surface area contributed by atoms with E-state index >= 15 is 0 Å². The molecule has 1 heterocycles. The Hall–Kier alpha value is -2.56. The molecule has 0 aliphatic rings. The zero-order valence-electron chi connectivity index (χ0n) is 16.5. The van der Waals surface area contributed by atoms with Gasteiger partial charge in [0.2, 0.25) is 10.0 Å². The summed E-state index contributed by atoms with van der Waals surface area (Å²) in [5, 5.41) is 0.752. The van der Waals surface area contributed by atoms with Gasteiger partial charge in [-0.05, 0) is 49.7 Å². The van der Waals surface area contributed by atoms with Crippen molar-refractivity contribution in [3.05, 3.63) is 58.6 Å². The van der Waals surface area contributed by atoms with Crippen molar-refractivity contribution in [2.45, 2.75) is 18.2 Å². The van der Waals surface area contributed by atoms with Gasteiger partial charge in [-0.2, -0.15) is 0 Å². The molecule has 0 aliphatic carbocycles. The Labute approximate surface area is 177 Å². The minimum atomic E-state index is -4.17. The summed E-state index contributed by atoms with van der Waals surface area (Å²) in [6, 6.07) is 7.77. The van der Waals surface area contributed by atoms with Crippen LogP contribution in [0.2, 0.25) is 0 Å². The molecule has 6 nitrogen and oxygen atoms in total.